The highest BCUT2D eigenvalue weighted by atomic mass is 32.2. The largest absolute Gasteiger partial charge is 0.401 e. The number of thioether (sulfide) groups is 1. The molecule has 3 nitrogen and oxygen atoms in total. The van der Waals surface area contributed by atoms with Gasteiger partial charge in [0.25, 0.3) is 0 Å². The molecule has 1 atom stereocenters. The molecule has 0 aliphatic carbocycles. The van der Waals surface area contributed by atoms with Gasteiger partial charge in [-0.25, -0.2) is 0 Å². The quantitative estimate of drug-likeness (QED) is 0.817. The van der Waals surface area contributed by atoms with E-state index in [9.17, 15) is 18.0 Å². The first-order valence-corrected chi connectivity index (χ1v) is 6.37. The first-order valence-electron chi connectivity index (χ1n) is 4.98. The third-order valence-electron chi connectivity index (χ3n) is 2.32. The number of amides is 1. The summed E-state index contributed by atoms with van der Waals surface area (Å²) >= 11 is 1.40. The second kappa shape index (κ2) is 5.77. The van der Waals surface area contributed by atoms with Gasteiger partial charge in [-0.3, -0.25) is 9.69 Å². The fraction of sp³-hybridized carbons (Fsp3) is 0.889. The van der Waals surface area contributed by atoms with Gasteiger partial charge in [0.1, 0.15) is 0 Å². The molecular weight excluding hydrogens is 241 g/mol. The van der Waals surface area contributed by atoms with Crippen LogP contribution in [-0.2, 0) is 4.79 Å². The van der Waals surface area contributed by atoms with Crippen LogP contribution in [0.1, 0.15) is 6.42 Å². The van der Waals surface area contributed by atoms with E-state index in [0.717, 1.165) is 0 Å². The third-order valence-corrected chi connectivity index (χ3v) is 2.87. The minimum Gasteiger partial charge on any atom is -0.351 e. The number of carbonyl (C=O) groups excluding carboxylic acids is 1. The summed E-state index contributed by atoms with van der Waals surface area (Å²) in [6.07, 6.45) is -1.75. The van der Waals surface area contributed by atoms with Crippen molar-refractivity contribution in [3.05, 3.63) is 0 Å². The molecule has 1 amide bonds. The van der Waals surface area contributed by atoms with Gasteiger partial charge in [-0.1, -0.05) is 0 Å². The average molecular weight is 256 g/mol. The van der Waals surface area contributed by atoms with Crippen molar-refractivity contribution >= 4 is 17.7 Å². The van der Waals surface area contributed by atoms with E-state index in [0.29, 0.717) is 25.3 Å². The van der Waals surface area contributed by atoms with Gasteiger partial charge in [0.2, 0.25) is 5.91 Å². The lowest BCUT2D eigenvalue weighted by atomic mass is 10.2. The number of carbonyl (C=O) groups is 1. The molecule has 7 heteroatoms. The smallest absolute Gasteiger partial charge is 0.351 e. The first-order chi connectivity index (χ1) is 7.40. The normalized spacial score (nSPS) is 22.4. The summed E-state index contributed by atoms with van der Waals surface area (Å²) < 4.78 is 36.3. The molecule has 1 rings (SSSR count). The zero-order valence-corrected chi connectivity index (χ0v) is 9.83. The second-order valence-electron chi connectivity index (χ2n) is 3.84. The Morgan fingerprint density at radius 3 is 2.81 bits per heavy atom. The van der Waals surface area contributed by atoms with E-state index in [2.05, 4.69) is 5.32 Å². The highest BCUT2D eigenvalue weighted by Crippen LogP contribution is 2.19. The van der Waals surface area contributed by atoms with Crippen molar-refractivity contribution in [2.75, 3.05) is 31.6 Å². The molecular formula is C9H15F3N2OS. The maximum Gasteiger partial charge on any atom is 0.401 e. The minimum absolute atomic E-state index is 0.105. The van der Waals surface area contributed by atoms with Gasteiger partial charge in [0.05, 0.1) is 12.3 Å². The zero-order valence-electron chi connectivity index (χ0n) is 9.01. The average Bonchev–Trinajstić information content (AvgIpc) is 2.49. The van der Waals surface area contributed by atoms with E-state index in [1.807, 2.05) is 6.26 Å². The van der Waals surface area contributed by atoms with Crippen LogP contribution >= 0.6 is 11.8 Å². The van der Waals surface area contributed by atoms with Crippen LogP contribution in [0.3, 0.4) is 0 Å². The summed E-state index contributed by atoms with van der Waals surface area (Å²) in [5.74, 6) is 0.252. The Bertz CT molecular complexity index is 247. The Balaban J connectivity index is 2.27. The predicted molar refractivity (Wildman–Crippen MR) is 57.4 cm³/mol. The van der Waals surface area contributed by atoms with Crippen LogP contribution in [-0.4, -0.2) is 54.7 Å². The second-order valence-corrected chi connectivity index (χ2v) is 4.70. The highest BCUT2D eigenvalue weighted by Gasteiger charge is 2.34. The molecule has 94 valence electrons. The summed E-state index contributed by atoms with van der Waals surface area (Å²) in [4.78, 5) is 12.5. The molecule has 0 aromatic carbocycles. The molecule has 1 heterocycles. The number of nitrogens with zero attached hydrogens (tertiary/aromatic N) is 1. The van der Waals surface area contributed by atoms with Crippen LogP contribution in [0.2, 0.25) is 0 Å². The molecule has 0 radical (unpaired) electrons. The van der Waals surface area contributed by atoms with E-state index >= 15 is 0 Å². The molecule has 1 unspecified atom stereocenters. The fourth-order valence-electron chi connectivity index (χ4n) is 1.75. The first kappa shape index (κ1) is 13.6. The molecule has 0 spiro atoms. The predicted octanol–water partition coefficient (Wildman–Crippen LogP) is 1.10. The lowest BCUT2D eigenvalue weighted by molar-refractivity contribution is -0.143. The Kier molecular flexibility index (Phi) is 4.91. The molecule has 1 aliphatic heterocycles. The van der Waals surface area contributed by atoms with Gasteiger partial charge in [-0.05, 0) is 12.7 Å². The third kappa shape index (κ3) is 5.07. The van der Waals surface area contributed by atoms with Gasteiger partial charge < -0.3 is 5.32 Å². The minimum atomic E-state index is -4.15. The van der Waals surface area contributed by atoms with Crippen LogP contribution < -0.4 is 5.32 Å². The van der Waals surface area contributed by atoms with Crippen molar-refractivity contribution in [3.8, 4) is 0 Å². The van der Waals surface area contributed by atoms with E-state index in [-0.39, 0.29) is 11.9 Å². The van der Waals surface area contributed by atoms with E-state index in [1.54, 1.807) is 0 Å². The lowest BCUT2D eigenvalue weighted by Crippen LogP contribution is -2.39. The summed E-state index contributed by atoms with van der Waals surface area (Å²) in [7, 11) is 0. The Hall–Kier alpha value is -0.430. The number of nitrogens with one attached hydrogen (secondary N) is 1. The van der Waals surface area contributed by atoms with Crippen molar-refractivity contribution in [2.24, 2.45) is 0 Å². The van der Waals surface area contributed by atoms with Gasteiger partial charge in [-0.15, -0.1) is 0 Å². The molecule has 0 saturated carbocycles. The molecule has 16 heavy (non-hydrogen) atoms. The number of likely N-dealkylation sites (tertiary alicyclic amines) is 1. The fourth-order valence-corrected chi connectivity index (χ4v) is 2.09. The Labute approximate surface area is 96.7 Å². The molecule has 0 aromatic heterocycles. The molecule has 1 N–H and O–H groups in total. The van der Waals surface area contributed by atoms with Crippen molar-refractivity contribution in [1.29, 1.82) is 0 Å². The van der Waals surface area contributed by atoms with Crippen LogP contribution in [0.5, 0.6) is 0 Å². The Morgan fingerprint density at radius 1 is 1.56 bits per heavy atom. The van der Waals surface area contributed by atoms with Crippen LogP contribution in [0, 0.1) is 0 Å². The van der Waals surface area contributed by atoms with Gasteiger partial charge >= 0.3 is 6.18 Å². The van der Waals surface area contributed by atoms with E-state index < -0.39 is 12.7 Å². The van der Waals surface area contributed by atoms with Crippen molar-refractivity contribution in [3.63, 3.8) is 0 Å². The van der Waals surface area contributed by atoms with Crippen molar-refractivity contribution in [2.45, 2.75) is 18.6 Å². The van der Waals surface area contributed by atoms with Crippen LogP contribution in [0.4, 0.5) is 13.2 Å². The van der Waals surface area contributed by atoms with Crippen LogP contribution in [0.15, 0.2) is 0 Å². The Morgan fingerprint density at radius 2 is 2.25 bits per heavy atom. The summed E-state index contributed by atoms with van der Waals surface area (Å²) in [5, 5.41) is 2.73. The molecule has 0 aromatic rings. The standard InChI is InChI=1S/C9H15F3N2OS/c1-16-5-8(15)13-7-2-3-14(4-7)6-9(10,11)12/h7H,2-6H2,1H3,(H,13,15). The molecule has 1 saturated heterocycles. The topological polar surface area (TPSA) is 32.3 Å². The van der Waals surface area contributed by atoms with Crippen molar-refractivity contribution < 1.29 is 18.0 Å². The summed E-state index contributed by atoms with van der Waals surface area (Å²) in [6, 6.07) is -0.137. The SMILES string of the molecule is CSCC(=O)NC1CCN(CC(F)(F)F)C1. The number of hydrogen-bond donors (Lipinski definition) is 1. The summed E-state index contributed by atoms with van der Waals surface area (Å²) in [5.41, 5.74) is 0. The van der Waals surface area contributed by atoms with Gasteiger partial charge in [-0.2, -0.15) is 24.9 Å². The molecule has 1 aliphatic rings. The number of rotatable bonds is 4. The maximum atomic E-state index is 12.1. The lowest BCUT2D eigenvalue weighted by Gasteiger charge is -2.18. The van der Waals surface area contributed by atoms with Crippen LogP contribution in [0.25, 0.3) is 0 Å². The summed E-state index contributed by atoms with van der Waals surface area (Å²) in [6.45, 7) is -0.203. The molecule has 0 bridgehead atoms. The van der Waals surface area contributed by atoms with Gasteiger partial charge in [0, 0.05) is 19.1 Å². The highest BCUT2D eigenvalue weighted by molar-refractivity contribution is 7.99. The monoisotopic (exact) mass is 256 g/mol. The number of hydrogen-bond acceptors (Lipinski definition) is 3. The zero-order chi connectivity index (χ0) is 12.2. The van der Waals surface area contributed by atoms with Gasteiger partial charge in [0.15, 0.2) is 0 Å². The number of halogens is 3. The molecule has 1 fully saturated rings. The maximum absolute atomic E-state index is 12.1. The van der Waals surface area contributed by atoms with E-state index in [4.69, 9.17) is 0 Å². The van der Waals surface area contributed by atoms with E-state index in [1.165, 1.54) is 16.7 Å². The number of alkyl halides is 3. The van der Waals surface area contributed by atoms with Crippen molar-refractivity contribution in [1.82, 2.24) is 10.2 Å².